The van der Waals surface area contributed by atoms with Crippen LogP contribution in [0, 0.1) is 17.6 Å². The van der Waals surface area contributed by atoms with Crippen molar-refractivity contribution in [3.63, 3.8) is 0 Å². The highest BCUT2D eigenvalue weighted by molar-refractivity contribution is 5.93. The summed E-state index contributed by atoms with van der Waals surface area (Å²) >= 11 is 0. The summed E-state index contributed by atoms with van der Waals surface area (Å²) in [7, 11) is 0. The van der Waals surface area contributed by atoms with Gasteiger partial charge in [-0.15, -0.1) is 10.2 Å². The molecule has 100 valence electrons. The van der Waals surface area contributed by atoms with E-state index >= 15 is 0 Å². The summed E-state index contributed by atoms with van der Waals surface area (Å²) in [6.07, 6.45) is -0.0725. The topological polar surface area (TPSA) is 58.6 Å². The number of rotatable bonds is 4. The average molecular weight is 265 g/mol. The van der Waals surface area contributed by atoms with Crippen molar-refractivity contribution in [3.05, 3.63) is 47.0 Å². The Morgan fingerprint density at radius 3 is 2.47 bits per heavy atom. The van der Waals surface area contributed by atoms with Crippen LogP contribution in [0.1, 0.15) is 35.9 Å². The number of nitrogens with one attached hydrogen (secondary N) is 1. The first kappa shape index (κ1) is 13.3. The van der Waals surface area contributed by atoms with Crippen molar-refractivity contribution < 1.29 is 13.6 Å². The highest BCUT2D eigenvalue weighted by Gasteiger charge is 2.17. The minimum Gasteiger partial charge on any atom is -0.322 e. The maximum Gasteiger partial charge on any atom is 0.202 e. The van der Waals surface area contributed by atoms with Crippen LogP contribution in [0.2, 0.25) is 0 Å². The van der Waals surface area contributed by atoms with E-state index in [1.54, 1.807) is 13.8 Å². The molecule has 1 heterocycles. The third-order valence-electron chi connectivity index (χ3n) is 2.70. The lowest BCUT2D eigenvalue weighted by Crippen LogP contribution is -2.09. The zero-order chi connectivity index (χ0) is 14.0. The molecular formula is C13H13F2N3O. The second-order valence-corrected chi connectivity index (χ2v) is 4.52. The number of aromatic amines is 1. The molecule has 1 N–H and O–H groups in total. The zero-order valence-electron chi connectivity index (χ0n) is 10.6. The molecule has 0 bridgehead atoms. The number of carbonyl (C=O) groups is 1. The van der Waals surface area contributed by atoms with Gasteiger partial charge in [-0.25, -0.2) is 8.78 Å². The average Bonchev–Trinajstić information content (AvgIpc) is 2.81. The Morgan fingerprint density at radius 2 is 1.89 bits per heavy atom. The van der Waals surface area contributed by atoms with Crippen molar-refractivity contribution in [2.75, 3.05) is 0 Å². The molecule has 4 nitrogen and oxygen atoms in total. The monoisotopic (exact) mass is 265 g/mol. The Hall–Kier alpha value is -2.11. The summed E-state index contributed by atoms with van der Waals surface area (Å²) in [5.74, 6) is -1.32. The second kappa shape index (κ2) is 5.26. The van der Waals surface area contributed by atoms with Crippen molar-refractivity contribution in [1.29, 1.82) is 0 Å². The van der Waals surface area contributed by atoms with Gasteiger partial charge >= 0.3 is 0 Å². The number of nitrogens with zero attached hydrogens (tertiary/aromatic N) is 2. The third-order valence-corrected chi connectivity index (χ3v) is 2.70. The predicted octanol–water partition coefficient (Wildman–Crippen LogP) is 2.51. The lowest BCUT2D eigenvalue weighted by atomic mass is 10.1. The summed E-state index contributed by atoms with van der Waals surface area (Å²) < 4.78 is 26.9. The number of ketones is 1. The number of carbonyl (C=O) groups excluding carboxylic acids is 1. The SMILES string of the molecule is CC(C)C(=O)c1nnc(Cc2c(F)cccc2F)[nH]1. The van der Waals surface area contributed by atoms with E-state index in [4.69, 9.17) is 0 Å². The molecule has 0 aliphatic heterocycles. The van der Waals surface area contributed by atoms with Crippen molar-refractivity contribution in [2.45, 2.75) is 20.3 Å². The Balaban J connectivity index is 2.23. The fraction of sp³-hybridized carbons (Fsp3) is 0.308. The van der Waals surface area contributed by atoms with Gasteiger partial charge in [0.1, 0.15) is 17.5 Å². The molecule has 0 atom stereocenters. The molecule has 0 saturated carbocycles. The van der Waals surface area contributed by atoms with Crippen molar-refractivity contribution >= 4 is 5.78 Å². The Bertz CT molecular complexity index is 587. The minimum atomic E-state index is -0.645. The molecule has 1 aromatic heterocycles. The van der Waals surface area contributed by atoms with E-state index in [0.29, 0.717) is 0 Å². The third kappa shape index (κ3) is 2.83. The van der Waals surface area contributed by atoms with Crippen LogP contribution in [-0.4, -0.2) is 21.0 Å². The Morgan fingerprint density at radius 1 is 1.26 bits per heavy atom. The normalized spacial score (nSPS) is 11.0. The lowest BCUT2D eigenvalue weighted by Gasteiger charge is -2.02. The maximum atomic E-state index is 13.5. The molecule has 19 heavy (non-hydrogen) atoms. The van der Waals surface area contributed by atoms with Crippen LogP contribution in [-0.2, 0) is 6.42 Å². The molecule has 0 fully saturated rings. The molecule has 0 saturated heterocycles. The molecule has 0 amide bonds. The van der Waals surface area contributed by atoms with Gasteiger partial charge in [0, 0.05) is 17.9 Å². The first-order valence-electron chi connectivity index (χ1n) is 5.87. The molecule has 0 aliphatic carbocycles. The number of H-pyrrole nitrogens is 1. The maximum absolute atomic E-state index is 13.5. The van der Waals surface area contributed by atoms with Crippen molar-refractivity contribution in [2.24, 2.45) is 5.92 Å². The van der Waals surface area contributed by atoms with Crippen LogP contribution >= 0.6 is 0 Å². The molecule has 1 aromatic carbocycles. The molecule has 6 heteroatoms. The number of hydrogen-bond acceptors (Lipinski definition) is 3. The summed E-state index contributed by atoms with van der Waals surface area (Å²) in [5, 5.41) is 7.43. The number of aromatic nitrogens is 3. The summed E-state index contributed by atoms with van der Waals surface area (Å²) in [4.78, 5) is 14.4. The van der Waals surface area contributed by atoms with Gasteiger partial charge in [-0.2, -0.15) is 0 Å². The van der Waals surface area contributed by atoms with E-state index in [1.807, 2.05) is 0 Å². The summed E-state index contributed by atoms with van der Waals surface area (Å²) in [6.45, 7) is 3.47. The van der Waals surface area contributed by atoms with Gasteiger partial charge in [0.25, 0.3) is 0 Å². The number of benzene rings is 1. The van der Waals surface area contributed by atoms with Gasteiger partial charge in [-0.3, -0.25) is 4.79 Å². The van der Waals surface area contributed by atoms with E-state index in [-0.39, 0.29) is 35.3 Å². The van der Waals surface area contributed by atoms with Crippen LogP contribution in [0.5, 0.6) is 0 Å². The Labute approximate surface area is 108 Å². The van der Waals surface area contributed by atoms with Crippen LogP contribution < -0.4 is 0 Å². The van der Waals surface area contributed by atoms with Gasteiger partial charge < -0.3 is 4.98 Å². The van der Waals surface area contributed by atoms with E-state index < -0.39 is 11.6 Å². The predicted molar refractivity (Wildman–Crippen MR) is 64.7 cm³/mol. The smallest absolute Gasteiger partial charge is 0.202 e. The van der Waals surface area contributed by atoms with Gasteiger partial charge in [0.15, 0.2) is 5.82 Å². The molecule has 2 rings (SSSR count). The van der Waals surface area contributed by atoms with E-state index in [9.17, 15) is 13.6 Å². The van der Waals surface area contributed by atoms with E-state index in [2.05, 4.69) is 15.2 Å². The fourth-order valence-corrected chi connectivity index (χ4v) is 1.63. The fourth-order valence-electron chi connectivity index (χ4n) is 1.63. The molecular weight excluding hydrogens is 252 g/mol. The number of halogens is 2. The molecule has 0 unspecified atom stereocenters. The van der Waals surface area contributed by atoms with Crippen LogP contribution in [0.15, 0.2) is 18.2 Å². The number of hydrogen-bond donors (Lipinski definition) is 1. The molecule has 0 aliphatic rings. The van der Waals surface area contributed by atoms with Gasteiger partial charge in [-0.05, 0) is 12.1 Å². The first-order valence-corrected chi connectivity index (χ1v) is 5.87. The molecule has 0 radical (unpaired) electrons. The van der Waals surface area contributed by atoms with Gasteiger partial charge in [0.05, 0.1) is 0 Å². The Kier molecular flexibility index (Phi) is 3.69. The van der Waals surface area contributed by atoms with Crippen molar-refractivity contribution in [3.8, 4) is 0 Å². The van der Waals surface area contributed by atoms with Crippen LogP contribution in [0.25, 0.3) is 0 Å². The number of Topliss-reactive ketones (excluding diaryl/α,β-unsaturated/α-hetero) is 1. The van der Waals surface area contributed by atoms with E-state index in [1.165, 1.54) is 18.2 Å². The second-order valence-electron chi connectivity index (χ2n) is 4.52. The molecule has 2 aromatic rings. The quantitative estimate of drug-likeness (QED) is 0.864. The van der Waals surface area contributed by atoms with Crippen LogP contribution in [0.4, 0.5) is 8.78 Å². The highest BCUT2D eigenvalue weighted by Crippen LogP contribution is 2.15. The van der Waals surface area contributed by atoms with Crippen molar-refractivity contribution in [1.82, 2.24) is 15.2 Å². The minimum absolute atomic E-state index is 0.0725. The van der Waals surface area contributed by atoms with Crippen LogP contribution in [0.3, 0.4) is 0 Å². The largest absolute Gasteiger partial charge is 0.322 e. The van der Waals surface area contributed by atoms with E-state index in [0.717, 1.165) is 0 Å². The highest BCUT2D eigenvalue weighted by atomic mass is 19.1. The van der Waals surface area contributed by atoms with Gasteiger partial charge in [-0.1, -0.05) is 19.9 Å². The standard InChI is InChI=1S/C13H13F2N3O/c1-7(2)12(19)13-16-11(17-18-13)6-8-9(14)4-3-5-10(8)15/h3-5,7H,6H2,1-2H3,(H,16,17,18). The van der Waals surface area contributed by atoms with Gasteiger partial charge in [0.2, 0.25) is 5.78 Å². The lowest BCUT2D eigenvalue weighted by molar-refractivity contribution is 0.0929. The summed E-state index contributed by atoms with van der Waals surface area (Å²) in [6, 6.07) is 3.65. The first-order chi connectivity index (χ1) is 8.99. The zero-order valence-corrected chi connectivity index (χ0v) is 10.6. The molecule has 0 spiro atoms. The summed E-state index contributed by atoms with van der Waals surface area (Å²) in [5.41, 5.74) is -0.0952.